The van der Waals surface area contributed by atoms with Crippen molar-refractivity contribution in [3.63, 3.8) is 0 Å². The van der Waals surface area contributed by atoms with Crippen molar-refractivity contribution in [3.05, 3.63) is 59.2 Å². The Morgan fingerprint density at radius 1 is 0.969 bits per heavy atom. The van der Waals surface area contributed by atoms with Crippen LogP contribution in [0.15, 0.2) is 42.5 Å². The van der Waals surface area contributed by atoms with E-state index in [9.17, 15) is 14.4 Å². The second kappa shape index (κ2) is 9.42. The quantitative estimate of drug-likeness (QED) is 0.474. The lowest BCUT2D eigenvalue weighted by atomic mass is 9.97. The average Bonchev–Trinajstić information content (AvgIpc) is 3.08. The number of benzene rings is 2. The highest BCUT2D eigenvalue weighted by molar-refractivity contribution is 6.21. The molecule has 0 N–H and O–H groups in total. The first-order valence-corrected chi connectivity index (χ1v) is 10.9. The molecule has 0 spiro atoms. The van der Waals surface area contributed by atoms with Crippen LogP contribution >= 0.6 is 0 Å². The fraction of sp³-hybridized carbons (Fsp3) is 0.400. The molecular formula is C25H27NO6. The maximum absolute atomic E-state index is 13.1. The predicted octanol–water partition coefficient (Wildman–Crippen LogP) is 4.31. The van der Waals surface area contributed by atoms with E-state index in [4.69, 9.17) is 14.2 Å². The highest BCUT2D eigenvalue weighted by atomic mass is 16.5. The molecule has 1 heterocycles. The number of esters is 1. The number of nitrogens with zero attached hydrogens (tertiary/aromatic N) is 1. The Bertz CT molecular complexity index is 992. The topological polar surface area (TPSA) is 82.1 Å². The largest absolute Gasteiger partial charge is 0.493 e. The fourth-order valence-electron chi connectivity index (χ4n) is 4.45. The molecule has 1 aliphatic carbocycles. The van der Waals surface area contributed by atoms with E-state index in [2.05, 4.69) is 0 Å². The van der Waals surface area contributed by atoms with Crippen molar-refractivity contribution in [2.45, 2.75) is 50.7 Å². The standard InChI is InChI=1S/C25H27NO6/c1-30-21-13-12-16(14-22(21)32-17-8-4-3-5-9-17)20(15-23(27)31-2)26-24(28)18-10-6-7-11-19(18)25(26)29/h6-7,10-14,17,20H,3-5,8-9,15H2,1-2H3. The van der Waals surface area contributed by atoms with Gasteiger partial charge in [0.25, 0.3) is 11.8 Å². The second-order valence-electron chi connectivity index (χ2n) is 8.11. The molecule has 32 heavy (non-hydrogen) atoms. The molecule has 2 aromatic carbocycles. The first-order valence-electron chi connectivity index (χ1n) is 10.9. The lowest BCUT2D eigenvalue weighted by Crippen LogP contribution is -2.35. The zero-order valence-electron chi connectivity index (χ0n) is 18.3. The molecule has 1 aliphatic heterocycles. The van der Waals surface area contributed by atoms with Crippen LogP contribution in [-0.4, -0.2) is 43.0 Å². The van der Waals surface area contributed by atoms with Crippen LogP contribution in [-0.2, 0) is 9.53 Å². The molecule has 2 aliphatic rings. The van der Waals surface area contributed by atoms with Crippen LogP contribution in [0.25, 0.3) is 0 Å². The number of methoxy groups -OCH3 is 2. The van der Waals surface area contributed by atoms with Crippen LogP contribution in [0.4, 0.5) is 0 Å². The monoisotopic (exact) mass is 437 g/mol. The molecule has 4 rings (SSSR count). The summed E-state index contributed by atoms with van der Waals surface area (Å²) >= 11 is 0. The van der Waals surface area contributed by atoms with Crippen LogP contribution in [0.5, 0.6) is 11.5 Å². The molecule has 1 atom stereocenters. The Labute approximate surface area is 187 Å². The SMILES string of the molecule is COC(=O)CC(c1ccc(OC)c(OC2CCCCC2)c1)N1C(=O)c2ccccc2C1=O. The molecule has 1 unspecified atom stereocenters. The number of amides is 2. The number of ether oxygens (including phenoxy) is 3. The Kier molecular flexibility index (Phi) is 6.44. The Balaban J connectivity index is 1.71. The van der Waals surface area contributed by atoms with Gasteiger partial charge in [0, 0.05) is 0 Å². The van der Waals surface area contributed by atoms with E-state index >= 15 is 0 Å². The van der Waals surface area contributed by atoms with Gasteiger partial charge < -0.3 is 14.2 Å². The van der Waals surface area contributed by atoms with Crippen LogP contribution in [0.3, 0.4) is 0 Å². The number of hydrogen-bond donors (Lipinski definition) is 0. The Hall–Kier alpha value is -3.35. The summed E-state index contributed by atoms with van der Waals surface area (Å²) in [6.45, 7) is 0. The van der Waals surface area contributed by atoms with Crippen LogP contribution in [0.2, 0.25) is 0 Å². The summed E-state index contributed by atoms with van der Waals surface area (Å²) in [7, 11) is 2.85. The number of carbonyl (C=O) groups excluding carboxylic acids is 3. The third kappa shape index (κ3) is 4.20. The van der Waals surface area contributed by atoms with Crippen molar-refractivity contribution < 1.29 is 28.6 Å². The van der Waals surface area contributed by atoms with E-state index in [1.54, 1.807) is 49.6 Å². The molecule has 7 nitrogen and oxygen atoms in total. The van der Waals surface area contributed by atoms with Gasteiger partial charge in [-0.05, 0) is 55.5 Å². The first-order chi connectivity index (χ1) is 15.5. The van der Waals surface area contributed by atoms with Crippen molar-refractivity contribution >= 4 is 17.8 Å². The molecule has 1 fully saturated rings. The second-order valence-corrected chi connectivity index (χ2v) is 8.11. The third-order valence-corrected chi connectivity index (χ3v) is 6.14. The minimum Gasteiger partial charge on any atom is -0.493 e. The summed E-state index contributed by atoms with van der Waals surface area (Å²) < 4.78 is 16.6. The molecule has 0 aromatic heterocycles. The summed E-state index contributed by atoms with van der Waals surface area (Å²) in [5, 5.41) is 0. The Morgan fingerprint density at radius 2 is 1.62 bits per heavy atom. The van der Waals surface area contributed by atoms with Crippen molar-refractivity contribution in [2.24, 2.45) is 0 Å². The first kappa shape index (κ1) is 21.9. The minimum absolute atomic E-state index is 0.0891. The summed E-state index contributed by atoms with van der Waals surface area (Å²) in [6.07, 6.45) is 5.31. The maximum atomic E-state index is 13.1. The summed E-state index contributed by atoms with van der Waals surface area (Å²) in [5.74, 6) is -0.255. The van der Waals surface area contributed by atoms with Gasteiger partial charge in [-0.1, -0.05) is 24.6 Å². The van der Waals surface area contributed by atoms with Gasteiger partial charge in [0.05, 0.1) is 43.9 Å². The van der Waals surface area contributed by atoms with Gasteiger partial charge in [0.1, 0.15) is 0 Å². The maximum Gasteiger partial charge on any atom is 0.307 e. The van der Waals surface area contributed by atoms with Crippen molar-refractivity contribution in [1.82, 2.24) is 4.90 Å². The highest BCUT2D eigenvalue weighted by Gasteiger charge is 2.41. The number of carbonyl (C=O) groups is 3. The number of rotatable bonds is 7. The van der Waals surface area contributed by atoms with E-state index in [0.29, 0.717) is 28.2 Å². The van der Waals surface area contributed by atoms with Crippen molar-refractivity contribution in [2.75, 3.05) is 14.2 Å². The van der Waals surface area contributed by atoms with Gasteiger partial charge in [-0.2, -0.15) is 0 Å². The molecule has 7 heteroatoms. The van der Waals surface area contributed by atoms with Gasteiger partial charge in [0.15, 0.2) is 11.5 Å². The zero-order chi connectivity index (χ0) is 22.7. The average molecular weight is 437 g/mol. The van der Waals surface area contributed by atoms with E-state index in [1.165, 1.54) is 13.5 Å². The minimum atomic E-state index is -0.825. The van der Waals surface area contributed by atoms with E-state index < -0.39 is 23.8 Å². The van der Waals surface area contributed by atoms with Crippen LogP contribution in [0.1, 0.15) is 70.8 Å². The van der Waals surface area contributed by atoms with Crippen LogP contribution in [0, 0.1) is 0 Å². The van der Waals surface area contributed by atoms with Crippen molar-refractivity contribution in [3.8, 4) is 11.5 Å². The lowest BCUT2D eigenvalue weighted by Gasteiger charge is -2.28. The summed E-state index contributed by atoms with van der Waals surface area (Å²) in [4.78, 5) is 39.6. The number of fused-ring (bicyclic) bond motifs is 1. The molecular weight excluding hydrogens is 410 g/mol. The van der Waals surface area contributed by atoms with Gasteiger partial charge in [-0.15, -0.1) is 0 Å². The number of hydrogen-bond acceptors (Lipinski definition) is 6. The van der Waals surface area contributed by atoms with Gasteiger partial charge >= 0.3 is 5.97 Å². The van der Waals surface area contributed by atoms with Crippen molar-refractivity contribution in [1.29, 1.82) is 0 Å². The van der Waals surface area contributed by atoms with Crippen LogP contribution < -0.4 is 9.47 Å². The summed E-state index contributed by atoms with van der Waals surface area (Å²) in [6, 6.07) is 11.1. The lowest BCUT2D eigenvalue weighted by molar-refractivity contribution is -0.141. The highest BCUT2D eigenvalue weighted by Crippen LogP contribution is 2.38. The molecule has 168 valence electrons. The van der Waals surface area contributed by atoms with Gasteiger partial charge in [-0.25, -0.2) is 0 Å². The molecule has 2 aromatic rings. The molecule has 2 amide bonds. The van der Waals surface area contributed by atoms with E-state index in [0.717, 1.165) is 30.6 Å². The van der Waals surface area contributed by atoms with E-state index in [-0.39, 0.29) is 12.5 Å². The molecule has 1 saturated carbocycles. The smallest absolute Gasteiger partial charge is 0.307 e. The molecule has 0 radical (unpaired) electrons. The zero-order valence-corrected chi connectivity index (χ0v) is 18.3. The third-order valence-electron chi connectivity index (χ3n) is 6.14. The summed E-state index contributed by atoms with van der Waals surface area (Å²) in [5.41, 5.74) is 1.27. The normalized spacial score (nSPS) is 17.1. The molecule has 0 saturated heterocycles. The fourth-order valence-corrected chi connectivity index (χ4v) is 4.45. The Morgan fingerprint density at radius 3 is 2.22 bits per heavy atom. The molecule has 0 bridgehead atoms. The number of imide groups is 1. The van der Waals surface area contributed by atoms with E-state index in [1.807, 2.05) is 0 Å². The van der Waals surface area contributed by atoms with Gasteiger partial charge in [-0.3, -0.25) is 19.3 Å². The predicted molar refractivity (Wildman–Crippen MR) is 117 cm³/mol. The van der Waals surface area contributed by atoms with Gasteiger partial charge in [0.2, 0.25) is 0 Å².